The van der Waals surface area contributed by atoms with Gasteiger partial charge in [0.25, 0.3) is 5.69 Å². The molecular formula is C14H16N4O4. The molecule has 1 heterocycles. The summed E-state index contributed by atoms with van der Waals surface area (Å²) in [7, 11) is 0. The van der Waals surface area contributed by atoms with Crippen LogP contribution in [-0.4, -0.2) is 33.6 Å². The molecule has 2 rings (SSSR count). The molecule has 0 amide bonds. The van der Waals surface area contributed by atoms with Crippen molar-refractivity contribution in [1.29, 1.82) is 0 Å². The van der Waals surface area contributed by atoms with Gasteiger partial charge in [-0.2, -0.15) is 0 Å². The molecule has 0 unspecified atom stereocenters. The van der Waals surface area contributed by atoms with Gasteiger partial charge in [0.1, 0.15) is 12.2 Å². The largest absolute Gasteiger partial charge is 0.465 e. The lowest BCUT2D eigenvalue weighted by molar-refractivity contribution is -0.384. The fourth-order valence-electron chi connectivity index (χ4n) is 2.03. The number of imidazole rings is 1. The average molecular weight is 304 g/mol. The number of hydrogen-bond donors (Lipinski definition) is 1. The summed E-state index contributed by atoms with van der Waals surface area (Å²) in [5, 5.41) is 13.9. The van der Waals surface area contributed by atoms with E-state index in [1.165, 1.54) is 6.07 Å². The molecule has 0 aliphatic carbocycles. The van der Waals surface area contributed by atoms with Crippen molar-refractivity contribution in [1.82, 2.24) is 9.55 Å². The Balaban J connectivity index is 2.35. The number of benzene rings is 1. The minimum Gasteiger partial charge on any atom is -0.465 e. The second-order valence-corrected chi connectivity index (χ2v) is 4.54. The summed E-state index contributed by atoms with van der Waals surface area (Å²) in [6.45, 7) is 3.60. The second kappa shape index (κ2) is 6.70. The number of nitro benzene ring substituents is 1. The summed E-state index contributed by atoms with van der Waals surface area (Å²) in [6.07, 6.45) is 4.96. The molecule has 0 spiro atoms. The molecule has 8 heteroatoms. The quantitative estimate of drug-likeness (QED) is 0.498. The number of carbonyl (C=O) groups excluding carboxylic acids is 1. The number of aryl methyl sites for hydroxylation is 1. The lowest BCUT2D eigenvalue weighted by atomic mass is 10.1. The first-order valence-corrected chi connectivity index (χ1v) is 6.69. The molecule has 0 saturated carbocycles. The van der Waals surface area contributed by atoms with E-state index in [-0.39, 0.29) is 24.5 Å². The zero-order valence-electron chi connectivity index (χ0n) is 12.3. The van der Waals surface area contributed by atoms with Gasteiger partial charge in [-0.25, -0.2) is 4.98 Å². The molecule has 1 aromatic carbocycles. The van der Waals surface area contributed by atoms with E-state index < -0.39 is 10.9 Å². The number of carbonyl (C=O) groups is 1. The summed E-state index contributed by atoms with van der Waals surface area (Å²) < 4.78 is 6.55. The van der Waals surface area contributed by atoms with E-state index >= 15 is 0 Å². The van der Waals surface area contributed by atoms with Gasteiger partial charge in [-0.15, -0.1) is 0 Å². The molecule has 0 atom stereocenters. The minimum absolute atomic E-state index is 0.0920. The molecule has 2 aromatic rings. The minimum atomic E-state index is -0.488. The third-order valence-electron chi connectivity index (χ3n) is 3.02. The Morgan fingerprint density at radius 3 is 2.86 bits per heavy atom. The highest BCUT2D eigenvalue weighted by atomic mass is 16.6. The Morgan fingerprint density at radius 2 is 2.27 bits per heavy atom. The zero-order chi connectivity index (χ0) is 16.1. The molecule has 1 aromatic heterocycles. The van der Waals surface area contributed by atoms with Crippen LogP contribution in [0.15, 0.2) is 30.9 Å². The van der Waals surface area contributed by atoms with Crippen molar-refractivity contribution in [2.75, 3.05) is 18.5 Å². The SMILES string of the molecule is CCOC(=O)CNc1cc(-n2ccnc2)c(C)cc1[N+](=O)[O-]. The first-order chi connectivity index (χ1) is 10.5. The predicted molar refractivity (Wildman–Crippen MR) is 80.1 cm³/mol. The second-order valence-electron chi connectivity index (χ2n) is 4.54. The Labute approximate surface area is 126 Å². The Bertz CT molecular complexity index is 682. The summed E-state index contributed by atoms with van der Waals surface area (Å²) in [4.78, 5) is 26.1. The van der Waals surface area contributed by atoms with Gasteiger partial charge in [-0.05, 0) is 25.5 Å². The van der Waals surface area contributed by atoms with Crippen molar-refractivity contribution < 1.29 is 14.5 Å². The van der Waals surface area contributed by atoms with Gasteiger partial charge in [-0.1, -0.05) is 0 Å². The number of esters is 1. The number of rotatable bonds is 6. The smallest absolute Gasteiger partial charge is 0.325 e. The fraction of sp³-hybridized carbons (Fsp3) is 0.286. The van der Waals surface area contributed by atoms with Crippen LogP contribution in [0.1, 0.15) is 12.5 Å². The van der Waals surface area contributed by atoms with Crippen molar-refractivity contribution in [3.63, 3.8) is 0 Å². The van der Waals surface area contributed by atoms with Crippen molar-refractivity contribution in [3.05, 3.63) is 46.5 Å². The highest BCUT2D eigenvalue weighted by molar-refractivity contribution is 5.77. The summed E-state index contributed by atoms with van der Waals surface area (Å²) in [6, 6.07) is 3.08. The van der Waals surface area contributed by atoms with Crippen molar-refractivity contribution in [3.8, 4) is 5.69 Å². The van der Waals surface area contributed by atoms with Gasteiger partial charge in [0.05, 0.1) is 23.5 Å². The molecule has 0 bridgehead atoms. The van der Waals surface area contributed by atoms with Crippen molar-refractivity contribution in [2.45, 2.75) is 13.8 Å². The Kier molecular flexibility index (Phi) is 4.72. The maximum Gasteiger partial charge on any atom is 0.325 e. The number of nitro groups is 1. The average Bonchev–Trinajstić information content (AvgIpc) is 2.99. The van der Waals surface area contributed by atoms with Crippen molar-refractivity contribution in [2.24, 2.45) is 0 Å². The van der Waals surface area contributed by atoms with E-state index in [0.29, 0.717) is 0 Å². The van der Waals surface area contributed by atoms with Crippen LogP contribution in [0.25, 0.3) is 5.69 Å². The van der Waals surface area contributed by atoms with Gasteiger partial charge >= 0.3 is 5.97 Å². The molecule has 0 fully saturated rings. The number of anilines is 1. The lowest BCUT2D eigenvalue weighted by Crippen LogP contribution is -2.17. The molecular weight excluding hydrogens is 288 g/mol. The number of nitrogens with one attached hydrogen (secondary N) is 1. The topological polar surface area (TPSA) is 99.3 Å². The molecule has 116 valence electrons. The van der Waals surface area contributed by atoms with Crippen LogP contribution >= 0.6 is 0 Å². The molecule has 0 radical (unpaired) electrons. The first kappa shape index (κ1) is 15.5. The molecule has 22 heavy (non-hydrogen) atoms. The van der Waals surface area contributed by atoms with Crippen LogP contribution in [0.2, 0.25) is 0 Å². The number of aromatic nitrogens is 2. The Morgan fingerprint density at radius 1 is 1.50 bits per heavy atom. The number of ether oxygens (including phenoxy) is 1. The van der Waals surface area contributed by atoms with Gasteiger partial charge in [0.2, 0.25) is 0 Å². The number of nitrogens with zero attached hydrogens (tertiary/aromatic N) is 3. The van der Waals surface area contributed by atoms with E-state index in [2.05, 4.69) is 10.3 Å². The summed E-state index contributed by atoms with van der Waals surface area (Å²) in [5.74, 6) is -0.471. The fourth-order valence-corrected chi connectivity index (χ4v) is 2.03. The Hall–Kier alpha value is -2.90. The van der Waals surface area contributed by atoms with Gasteiger partial charge < -0.3 is 14.6 Å². The highest BCUT2D eigenvalue weighted by Gasteiger charge is 2.18. The van der Waals surface area contributed by atoms with Crippen LogP contribution in [0, 0.1) is 17.0 Å². The van der Waals surface area contributed by atoms with E-state index in [1.807, 2.05) is 0 Å². The highest BCUT2D eigenvalue weighted by Crippen LogP contribution is 2.30. The van der Waals surface area contributed by atoms with Gasteiger partial charge in [-0.3, -0.25) is 14.9 Å². The van der Waals surface area contributed by atoms with E-state index in [4.69, 9.17) is 4.74 Å². The van der Waals surface area contributed by atoms with Crippen LogP contribution in [-0.2, 0) is 9.53 Å². The van der Waals surface area contributed by atoms with E-state index in [9.17, 15) is 14.9 Å². The third-order valence-corrected chi connectivity index (χ3v) is 3.02. The normalized spacial score (nSPS) is 10.3. The molecule has 0 aliphatic rings. The van der Waals surface area contributed by atoms with Crippen LogP contribution in [0.3, 0.4) is 0 Å². The molecule has 8 nitrogen and oxygen atoms in total. The third kappa shape index (κ3) is 3.40. The predicted octanol–water partition coefficient (Wildman–Crippen LogP) is 2.06. The summed E-state index contributed by atoms with van der Waals surface area (Å²) >= 11 is 0. The maximum atomic E-state index is 11.4. The molecule has 1 N–H and O–H groups in total. The van der Waals surface area contributed by atoms with Crippen molar-refractivity contribution >= 4 is 17.3 Å². The monoisotopic (exact) mass is 304 g/mol. The van der Waals surface area contributed by atoms with Crippen LogP contribution in [0.4, 0.5) is 11.4 Å². The zero-order valence-corrected chi connectivity index (χ0v) is 12.3. The molecule has 0 aliphatic heterocycles. The van der Waals surface area contributed by atoms with Crippen LogP contribution < -0.4 is 5.32 Å². The van der Waals surface area contributed by atoms with Gasteiger partial charge in [0.15, 0.2) is 0 Å². The molecule has 0 saturated heterocycles. The number of hydrogen-bond acceptors (Lipinski definition) is 6. The van der Waals surface area contributed by atoms with E-state index in [0.717, 1.165) is 11.3 Å². The first-order valence-electron chi connectivity index (χ1n) is 6.69. The summed E-state index contributed by atoms with van der Waals surface area (Å²) in [5.41, 5.74) is 1.64. The van der Waals surface area contributed by atoms with E-state index in [1.54, 1.807) is 43.2 Å². The standard InChI is InChI=1S/C14H16N4O4/c1-3-22-14(19)8-16-11-7-12(17-5-4-15-9-17)10(2)6-13(11)18(20)21/h4-7,9,16H,3,8H2,1-2H3. The van der Waals surface area contributed by atoms with Crippen LogP contribution in [0.5, 0.6) is 0 Å². The maximum absolute atomic E-state index is 11.4. The lowest BCUT2D eigenvalue weighted by Gasteiger charge is -2.12. The van der Waals surface area contributed by atoms with Gasteiger partial charge in [0, 0.05) is 18.5 Å².